The molecule has 2 atom stereocenters. The van der Waals surface area contributed by atoms with E-state index in [4.69, 9.17) is 9.84 Å². The fraction of sp³-hybridized carbons (Fsp3) is 0.348. The van der Waals surface area contributed by atoms with Gasteiger partial charge in [0.2, 0.25) is 5.91 Å². The zero-order valence-corrected chi connectivity index (χ0v) is 20.6. The van der Waals surface area contributed by atoms with Gasteiger partial charge in [0.05, 0.1) is 12.3 Å². The number of hydrogen-bond acceptors (Lipinski definition) is 5. The van der Waals surface area contributed by atoms with Crippen molar-refractivity contribution in [1.29, 1.82) is 0 Å². The number of nitrogens with zero attached hydrogens (tertiary/aromatic N) is 1. The lowest BCUT2D eigenvalue weighted by molar-refractivity contribution is -0.137. The molecule has 3 rings (SSSR count). The summed E-state index contributed by atoms with van der Waals surface area (Å²) in [5, 5.41) is 14.0. The second kappa shape index (κ2) is 10.0. The molecule has 0 aliphatic carbocycles. The summed E-state index contributed by atoms with van der Waals surface area (Å²) in [5.41, 5.74) is -0.339. The van der Waals surface area contributed by atoms with E-state index in [0.29, 0.717) is 14.9 Å². The molecule has 10 heteroatoms. The minimum atomic E-state index is -1.18. The zero-order chi connectivity index (χ0) is 24.3. The van der Waals surface area contributed by atoms with Gasteiger partial charge in [-0.1, -0.05) is 32.9 Å². The Bertz CT molecular complexity index is 1060. The molecule has 3 N–H and O–H groups in total. The number of rotatable bonds is 7. The first-order valence-electron chi connectivity index (χ1n) is 10.3. The Morgan fingerprint density at radius 1 is 1.24 bits per heavy atom. The Hall–Kier alpha value is -2.73. The molecule has 0 spiro atoms. The summed E-state index contributed by atoms with van der Waals surface area (Å²) in [5.74, 6) is -1.35. The molecule has 0 saturated carbocycles. The van der Waals surface area contributed by atoms with Crippen LogP contribution in [0.3, 0.4) is 0 Å². The molecule has 1 saturated heterocycles. The average Bonchev–Trinajstić information content (AvgIpc) is 3.02. The molecule has 0 radical (unpaired) electrons. The number of aliphatic hydroxyl groups excluding tert-OH is 1. The summed E-state index contributed by atoms with van der Waals surface area (Å²) < 4.78 is 20.3. The maximum absolute atomic E-state index is 14.3. The van der Waals surface area contributed by atoms with Gasteiger partial charge in [0, 0.05) is 3.57 Å². The molecular weight excluding hydrogens is 544 g/mol. The smallest absolute Gasteiger partial charge is 0.325 e. The molecule has 2 aromatic carbocycles. The molecule has 4 amide bonds. The van der Waals surface area contributed by atoms with Gasteiger partial charge in [-0.25, -0.2) is 14.1 Å². The van der Waals surface area contributed by atoms with Crippen molar-refractivity contribution >= 4 is 46.1 Å². The molecule has 1 aliphatic rings. The van der Waals surface area contributed by atoms with Crippen LogP contribution in [0.25, 0.3) is 0 Å². The quantitative estimate of drug-likeness (QED) is 0.350. The van der Waals surface area contributed by atoms with Crippen molar-refractivity contribution in [3.8, 4) is 5.75 Å². The minimum Gasteiger partial charge on any atom is -0.491 e. The lowest BCUT2D eigenvalue weighted by Gasteiger charge is -2.34. The van der Waals surface area contributed by atoms with E-state index in [0.717, 1.165) is 4.90 Å². The summed E-state index contributed by atoms with van der Waals surface area (Å²) in [4.78, 5) is 40.1. The van der Waals surface area contributed by atoms with E-state index >= 15 is 0 Å². The Morgan fingerprint density at radius 2 is 1.91 bits per heavy atom. The van der Waals surface area contributed by atoms with Gasteiger partial charge in [-0.05, 0) is 63.9 Å². The van der Waals surface area contributed by atoms with Crippen LogP contribution < -0.4 is 15.4 Å². The van der Waals surface area contributed by atoms with Crippen molar-refractivity contribution in [2.24, 2.45) is 5.41 Å². The Kier molecular flexibility index (Phi) is 7.58. The molecule has 0 bridgehead atoms. The number of nitrogens with one attached hydrogen (secondary N) is 2. The highest BCUT2D eigenvalue weighted by Gasteiger charge is 2.49. The van der Waals surface area contributed by atoms with Crippen LogP contribution in [-0.4, -0.2) is 47.1 Å². The molecule has 0 aromatic heterocycles. The van der Waals surface area contributed by atoms with E-state index in [9.17, 15) is 18.8 Å². The SMILES string of the molecule is CC(C)(C)C(C(=O)Nc1ccc(I)cc1F)N1C(=O)N[C@H](c2ccc(OCCO)cc2)C1=O. The average molecular weight is 569 g/mol. The molecular formula is C23H25FIN3O5. The molecule has 2 aromatic rings. The summed E-state index contributed by atoms with van der Waals surface area (Å²) in [7, 11) is 0. The van der Waals surface area contributed by atoms with Gasteiger partial charge in [-0.3, -0.25) is 9.59 Å². The van der Waals surface area contributed by atoms with Crippen molar-refractivity contribution in [3.05, 3.63) is 57.4 Å². The van der Waals surface area contributed by atoms with Crippen molar-refractivity contribution in [2.45, 2.75) is 32.9 Å². The van der Waals surface area contributed by atoms with Crippen LogP contribution >= 0.6 is 22.6 Å². The van der Waals surface area contributed by atoms with E-state index in [-0.39, 0.29) is 18.9 Å². The van der Waals surface area contributed by atoms with Crippen LogP contribution in [0.15, 0.2) is 42.5 Å². The number of anilines is 1. The second-order valence-corrected chi connectivity index (χ2v) is 9.86. The monoisotopic (exact) mass is 569 g/mol. The van der Waals surface area contributed by atoms with Crippen LogP contribution in [0.1, 0.15) is 32.4 Å². The Morgan fingerprint density at radius 3 is 2.48 bits per heavy atom. The first kappa shape index (κ1) is 24.9. The van der Waals surface area contributed by atoms with Gasteiger partial charge in [-0.15, -0.1) is 0 Å². The van der Waals surface area contributed by atoms with Crippen LogP contribution in [0, 0.1) is 14.8 Å². The summed E-state index contributed by atoms with van der Waals surface area (Å²) >= 11 is 1.96. The van der Waals surface area contributed by atoms with E-state index in [2.05, 4.69) is 10.6 Å². The summed E-state index contributed by atoms with van der Waals surface area (Å²) in [6, 6.07) is 8.01. The minimum absolute atomic E-state index is 0.0308. The highest BCUT2D eigenvalue weighted by Crippen LogP contribution is 2.33. The van der Waals surface area contributed by atoms with E-state index in [1.165, 1.54) is 12.1 Å². The molecule has 1 fully saturated rings. The van der Waals surface area contributed by atoms with Crippen molar-refractivity contribution < 1.29 is 28.6 Å². The largest absolute Gasteiger partial charge is 0.491 e. The maximum atomic E-state index is 14.3. The topological polar surface area (TPSA) is 108 Å². The van der Waals surface area contributed by atoms with Gasteiger partial charge in [0.1, 0.15) is 30.3 Å². The Balaban J connectivity index is 1.85. The normalized spacial score (nSPS) is 17.0. The van der Waals surface area contributed by atoms with Crippen molar-refractivity contribution in [1.82, 2.24) is 10.2 Å². The second-order valence-electron chi connectivity index (χ2n) is 8.61. The molecule has 1 unspecified atom stereocenters. The predicted molar refractivity (Wildman–Crippen MR) is 128 cm³/mol. The highest BCUT2D eigenvalue weighted by molar-refractivity contribution is 14.1. The van der Waals surface area contributed by atoms with Gasteiger partial charge >= 0.3 is 6.03 Å². The lowest BCUT2D eigenvalue weighted by Crippen LogP contribution is -2.54. The third-order valence-corrected chi connectivity index (χ3v) is 5.73. The van der Waals surface area contributed by atoms with Gasteiger partial charge < -0.3 is 20.5 Å². The standard InChI is InChI=1S/C23H25FIN3O5/c1-23(2,3)19(20(30)26-17-9-6-14(25)12-16(17)24)28-21(31)18(27-22(28)32)13-4-7-15(8-5-13)33-11-10-29/h4-9,12,18-19,29H,10-11H2,1-3H3,(H,26,30)(H,27,32)/t18-,19?/m1/s1. The fourth-order valence-electron chi connectivity index (χ4n) is 3.57. The number of halogens is 2. The molecule has 8 nitrogen and oxygen atoms in total. The van der Waals surface area contributed by atoms with Crippen LogP contribution in [0.2, 0.25) is 0 Å². The number of aliphatic hydroxyl groups is 1. The first-order chi connectivity index (χ1) is 15.5. The van der Waals surface area contributed by atoms with Gasteiger partial charge in [-0.2, -0.15) is 0 Å². The molecule has 1 aliphatic heterocycles. The lowest BCUT2D eigenvalue weighted by atomic mass is 9.84. The van der Waals surface area contributed by atoms with Crippen LogP contribution in [0.4, 0.5) is 14.9 Å². The van der Waals surface area contributed by atoms with E-state index in [1.807, 2.05) is 22.6 Å². The predicted octanol–water partition coefficient (Wildman–Crippen LogP) is 3.45. The van der Waals surface area contributed by atoms with Gasteiger partial charge in [0.25, 0.3) is 5.91 Å². The number of amides is 4. The Labute approximate surface area is 204 Å². The number of hydrogen-bond donors (Lipinski definition) is 3. The van der Waals surface area contributed by atoms with E-state index in [1.54, 1.807) is 51.1 Å². The van der Waals surface area contributed by atoms with Crippen LogP contribution in [-0.2, 0) is 9.59 Å². The molecule has 176 valence electrons. The first-order valence-corrected chi connectivity index (χ1v) is 11.3. The highest BCUT2D eigenvalue weighted by atomic mass is 127. The van der Waals surface area contributed by atoms with Gasteiger partial charge in [0.15, 0.2) is 0 Å². The van der Waals surface area contributed by atoms with Crippen molar-refractivity contribution in [3.63, 3.8) is 0 Å². The van der Waals surface area contributed by atoms with Crippen LogP contribution in [0.5, 0.6) is 5.75 Å². The summed E-state index contributed by atoms with van der Waals surface area (Å²) in [6.45, 7) is 5.18. The number of carbonyl (C=O) groups excluding carboxylic acids is 3. The molecule has 1 heterocycles. The zero-order valence-electron chi connectivity index (χ0n) is 18.4. The number of benzene rings is 2. The molecule has 33 heavy (non-hydrogen) atoms. The fourth-order valence-corrected chi connectivity index (χ4v) is 4.03. The number of carbonyl (C=O) groups is 3. The summed E-state index contributed by atoms with van der Waals surface area (Å²) in [6.07, 6.45) is 0. The van der Waals surface area contributed by atoms with Crippen molar-refractivity contribution in [2.75, 3.05) is 18.5 Å². The third-order valence-electron chi connectivity index (χ3n) is 5.06. The number of ether oxygens (including phenoxy) is 1. The third kappa shape index (κ3) is 5.61. The van der Waals surface area contributed by atoms with E-state index < -0.39 is 41.2 Å². The maximum Gasteiger partial charge on any atom is 0.325 e. The number of urea groups is 1. The number of imide groups is 1.